The minimum atomic E-state index is 0.122. The molecular weight excluding hydrogens is 180 g/mol. The van der Waals surface area contributed by atoms with Crippen LogP contribution in [0.3, 0.4) is 0 Å². The Bertz CT molecular complexity index is 353. The lowest BCUT2D eigenvalue weighted by atomic mass is 10.1. The van der Waals surface area contributed by atoms with Gasteiger partial charge >= 0.3 is 0 Å². The van der Waals surface area contributed by atoms with Gasteiger partial charge < -0.3 is 4.52 Å². The topological polar surface area (TPSA) is 56.0 Å². The van der Waals surface area contributed by atoms with Gasteiger partial charge in [-0.25, -0.2) is 0 Å². The highest BCUT2D eigenvalue weighted by molar-refractivity contribution is 5.79. The fourth-order valence-electron chi connectivity index (χ4n) is 1.28. The number of carbonyl (C=O) groups is 1. The molecule has 0 aliphatic heterocycles. The van der Waals surface area contributed by atoms with Crippen molar-refractivity contribution in [3.05, 3.63) is 11.7 Å². The summed E-state index contributed by atoms with van der Waals surface area (Å²) < 4.78 is 5.02. The molecule has 0 aromatic carbocycles. The molecule has 1 aromatic heterocycles. The molecular formula is C10H14N2O2. The zero-order chi connectivity index (χ0) is 10.2. The van der Waals surface area contributed by atoms with Crippen LogP contribution in [0.25, 0.3) is 0 Å². The van der Waals surface area contributed by atoms with E-state index in [0.29, 0.717) is 12.3 Å². The van der Waals surface area contributed by atoms with E-state index in [9.17, 15) is 4.79 Å². The van der Waals surface area contributed by atoms with Crippen molar-refractivity contribution in [1.29, 1.82) is 0 Å². The van der Waals surface area contributed by atoms with Gasteiger partial charge in [0.1, 0.15) is 5.78 Å². The minimum Gasteiger partial charge on any atom is -0.339 e. The lowest BCUT2D eigenvalue weighted by molar-refractivity contribution is -0.118. The Labute approximate surface area is 82.7 Å². The van der Waals surface area contributed by atoms with Crippen molar-refractivity contribution in [2.45, 2.75) is 44.9 Å². The third kappa shape index (κ3) is 1.69. The Morgan fingerprint density at radius 3 is 2.86 bits per heavy atom. The number of rotatable bonds is 4. The zero-order valence-electron chi connectivity index (χ0n) is 8.54. The second kappa shape index (κ2) is 3.19. The maximum absolute atomic E-state index is 11.1. The molecule has 1 fully saturated rings. The van der Waals surface area contributed by atoms with Crippen LogP contribution in [0.4, 0.5) is 0 Å². The average molecular weight is 194 g/mol. The van der Waals surface area contributed by atoms with Crippen LogP contribution in [0.2, 0.25) is 0 Å². The monoisotopic (exact) mass is 194 g/mol. The first-order valence-corrected chi connectivity index (χ1v) is 4.99. The van der Waals surface area contributed by atoms with Gasteiger partial charge in [-0.05, 0) is 12.8 Å². The van der Waals surface area contributed by atoms with Crippen LogP contribution in [0.15, 0.2) is 4.52 Å². The summed E-state index contributed by atoms with van der Waals surface area (Å²) >= 11 is 0. The van der Waals surface area contributed by atoms with E-state index >= 15 is 0 Å². The van der Waals surface area contributed by atoms with Crippen LogP contribution in [0, 0.1) is 0 Å². The highest BCUT2D eigenvalue weighted by Gasteiger charge is 2.43. The molecule has 0 radical (unpaired) electrons. The normalized spacial score (nSPS) is 18.1. The molecule has 4 heteroatoms. The van der Waals surface area contributed by atoms with E-state index in [1.165, 1.54) is 0 Å². The number of carbonyl (C=O) groups excluding carboxylic acids is 1. The van der Waals surface area contributed by atoms with Crippen molar-refractivity contribution in [3.8, 4) is 0 Å². The number of nitrogens with zero attached hydrogens (tertiary/aromatic N) is 2. The van der Waals surface area contributed by atoms with Crippen LogP contribution in [-0.2, 0) is 16.6 Å². The number of Topliss-reactive ketones (excluding diaryl/α,β-unsaturated/α-hetero) is 1. The highest BCUT2D eigenvalue weighted by atomic mass is 16.5. The van der Waals surface area contributed by atoms with E-state index in [0.717, 1.165) is 18.7 Å². The first-order valence-electron chi connectivity index (χ1n) is 4.99. The summed E-state index contributed by atoms with van der Waals surface area (Å²) in [4.78, 5) is 15.4. The van der Waals surface area contributed by atoms with Crippen molar-refractivity contribution in [1.82, 2.24) is 10.1 Å². The van der Waals surface area contributed by atoms with E-state index in [1.54, 1.807) is 0 Å². The summed E-state index contributed by atoms with van der Waals surface area (Å²) in [6, 6.07) is 0. The van der Waals surface area contributed by atoms with Crippen molar-refractivity contribution in [2.24, 2.45) is 0 Å². The van der Waals surface area contributed by atoms with Crippen LogP contribution < -0.4 is 0 Å². The Morgan fingerprint density at radius 1 is 1.57 bits per heavy atom. The lowest BCUT2D eigenvalue weighted by Gasteiger charge is -1.96. The standard InChI is InChI=1S/C10H14N2O2/c1-3-7(13)6-8-11-9(12-14-8)10(2)4-5-10/h3-6H2,1-2H3. The molecule has 0 unspecified atom stereocenters. The van der Waals surface area contributed by atoms with Crippen LogP contribution in [-0.4, -0.2) is 15.9 Å². The molecule has 0 bridgehead atoms. The second-order valence-electron chi connectivity index (χ2n) is 4.14. The molecule has 0 amide bonds. The fraction of sp³-hybridized carbons (Fsp3) is 0.700. The number of aromatic nitrogens is 2. The molecule has 0 N–H and O–H groups in total. The van der Waals surface area contributed by atoms with Gasteiger partial charge in [0.05, 0.1) is 6.42 Å². The summed E-state index contributed by atoms with van der Waals surface area (Å²) in [6.07, 6.45) is 3.04. The van der Waals surface area contributed by atoms with E-state index in [2.05, 4.69) is 17.1 Å². The Balaban J connectivity index is 2.06. The quantitative estimate of drug-likeness (QED) is 0.731. The average Bonchev–Trinajstić information content (AvgIpc) is 2.75. The zero-order valence-corrected chi connectivity index (χ0v) is 8.54. The van der Waals surface area contributed by atoms with E-state index < -0.39 is 0 Å². The molecule has 1 saturated carbocycles. The van der Waals surface area contributed by atoms with Gasteiger partial charge in [-0.3, -0.25) is 4.79 Å². The largest absolute Gasteiger partial charge is 0.339 e. The molecule has 1 aliphatic carbocycles. The lowest BCUT2D eigenvalue weighted by Crippen LogP contribution is -2.04. The van der Waals surface area contributed by atoms with Crippen LogP contribution in [0.1, 0.15) is 44.8 Å². The third-order valence-corrected chi connectivity index (χ3v) is 2.75. The minimum absolute atomic E-state index is 0.122. The number of hydrogen-bond donors (Lipinski definition) is 0. The Morgan fingerprint density at radius 2 is 2.29 bits per heavy atom. The molecule has 0 atom stereocenters. The smallest absolute Gasteiger partial charge is 0.234 e. The van der Waals surface area contributed by atoms with E-state index in [-0.39, 0.29) is 17.6 Å². The highest BCUT2D eigenvalue weighted by Crippen LogP contribution is 2.45. The molecule has 4 nitrogen and oxygen atoms in total. The van der Waals surface area contributed by atoms with Crippen LogP contribution in [0.5, 0.6) is 0 Å². The number of hydrogen-bond acceptors (Lipinski definition) is 4. The number of ketones is 1. The summed E-state index contributed by atoms with van der Waals surface area (Å²) in [7, 11) is 0. The van der Waals surface area contributed by atoms with Gasteiger partial charge in [-0.2, -0.15) is 4.98 Å². The SMILES string of the molecule is CCC(=O)Cc1nc(C2(C)CC2)no1. The molecule has 14 heavy (non-hydrogen) atoms. The summed E-state index contributed by atoms with van der Waals surface area (Å²) in [5.74, 6) is 1.36. The molecule has 76 valence electrons. The molecule has 1 aromatic rings. The second-order valence-corrected chi connectivity index (χ2v) is 4.14. The Kier molecular flexibility index (Phi) is 2.13. The first kappa shape index (κ1) is 9.37. The summed E-state index contributed by atoms with van der Waals surface area (Å²) in [5.41, 5.74) is 0.122. The fourth-order valence-corrected chi connectivity index (χ4v) is 1.28. The van der Waals surface area contributed by atoms with Crippen molar-refractivity contribution in [2.75, 3.05) is 0 Å². The van der Waals surface area contributed by atoms with E-state index in [4.69, 9.17) is 4.52 Å². The van der Waals surface area contributed by atoms with Crippen LogP contribution >= 0.6 is 0 Å². The predicted octanol–water partition coefficient (Wildman–Crippen LogP) is 1.64. The van der Waals surface area contributed by atoms with Crippen molar-refractivity contribution < 1.29 is 9.32 Å². The summed E-state index contributed by atoms with van der Waals surface area (Å²) in [6.45, 7) is 3.95. The summed E-state index contributed by atoms with van der Waals surface area (Å²) in [5, 5.41) is 3.90. The van der Waals surface area contributed by atoms with Gasteiger partial charge in [0, 0.05) is 11.8 Å². The first-order chi connectivity index (χ1) is 6.64. The van der Waals surface area contributed by atoms with E-state index in [1.807, 2.05) is 6.92 Å². The maximum atomic E-state index is 11.1. The molecule has 0 spiro atoms. The maximum Gasteiger partial charge on any atom is 0.234 e. The van der Waals surface area contributed by atoms with Gasteiger partial charge in [0.25, 0.3) is 0 Å². The molecule has 1 heterocycles. The molecule has 0 saturated heterocycles. The van der Waals surface area contributed by atoms with Crippen molar-refractivity contribution in [3.63, 3.8) is 0 Å². The molecule has 2 rings (SSSR count). The van der Waals surface area contributed by atoms with Gasteiger partial charge in [0.2, 0.25) is 5.89 Å². The molecule has 1 aliphatic rings. The van der Waals surface area contributed by atoms with Gasteiger partial charge in [0.15, 0.2) is 5.82 Å². The van der Waals surface area contributed by atoms with Crippen molar-refractivity contribution >= 4 is 5.78 Å². The third-order valence-electron chi connectivity index (χ3n) is 2.75. The van der Waals surface area contributed by atoms with Gasteiger partial charge in [-0.15, -0.1) is 0 Å². The Hall–Kier alpha value is -1.19. The predicted molar refractivity (Wildman–Crippen MR) is 49.9 cm³/mol. The van der Waals surface area contributed by atoms with Gasteiger partial charge in [-0.1, -0.05) is 19.0 Å².